The molecule has 0 spiro atoms. The number of amides is 1. The van der Waals surface area contributed by atoms with Gasteiger partial charge in [-0.2, -0.15) is 13.2 Å². The molecule has 0 radical (unpaired) electrons. The molecule has 0 unspecified atom stereocenters. The fourth-order valence-electron chi connectivity index (χ4n) is 2.98. The predicted molar refractivity (Wildman–Crippen MR) is 109 cm³/mol. The number of rotatable bonds is 5. The summed E-state index contributed by atoms with van der Waals surface area (Å²) in [6.45, 7) is 3.34. The summed E-state index contributed by atoms with van der Waals surface area (Å²) in [5.41, 5.74) is 0.856. The van der Waals surface area contributed by atoms with Crippen molar-refractivity contribution in [3.8, 4) is 5.88 Å². The second kappa shape index (κ2) is 8.63. The lowest BCUT2D eigenvalue weighted by molar-refractivity contribution is -0.137. The molecule has 0 saturated carbocycles. The van der Waals surface area contributed by atoms with Gasteiger partial charge in [-0.25, -0.2) is 9.37 Å². The van der Waals surface area contributed by atoms with Gasteiger partial charge in [0.05, 0.1) is 35.8 Å². The molecule has 9 heteroatoms. The summed E-state index contributed by atoms with van der Waals surface area (Å²) in [7, 11) is 1.46. The fraction of sp³-hybridized carbons (Fsp3) is 0.182. The SMILES string of the molecule is COc1ncc(NC(=O)c2ccc(C(F)(F)F)cc2Nc2ccc(F)cc2C)cc1C. The molecule has 1 heterocycles. The molecule has 0 aliphatic rings. The first kappa shape index (κ1) is 22.1. The molecule has 0 aliphatic heterocycles. The van der Waals surface area contributed by atoms with Crippen molar-refractivity contribution < 1.29 is 27.1 Å². The Labute approximate surface area is 176 Å². The van der Waals surface area contributed by atoms with Crippen molar-refractivity contribution in [2.24, 2.45) is 0 Å². The van der Waals surface area contributed by atoms with Crippen molar-refractivity contribution in [2.75, 3.05) is 17.7 Å². The zero-order chi connectivity index (χ0) is 22.8. The highest BCUT2D eigenvalue weighted by Crippen LogP contribution is 2.34. The summed E-state index contributed by atoms with van der Waals surface area (Å²) >= 11 is 0. The van der Waals surface area contributed by atoms with Crippen LogP contribution in [0.15, 0.2) is 48.7 Å². The monoisotopic (exact) mass is 433 g/mol. The molecular weight excluding hydrogens is 414 g/mol. The average Bonchev–Trinajstić information content (AvgIpc) is 2.69. The van der Waals surface area contributed by atoms with Crippen molar-refractivity contribution in [1.82, 2.24) is 4.98 Å². The minimum absolute atomic E-state index is 0.0230. The number of hydrogen-bond acceptors (Lipinski definition) is 4. The van der Waals surface area contributed by atoms with Crippen LogP contribution >= 0.6 is 0 Å². The number of nitrogens with one attached hydrogen (secondary N) is 2. The van der Waals surface area contributed by atoms with Crippen LogP contribution in [-0.4, -0.2) is 18.0 Å². The highest BCUT2D eigenvalue weighted by molar-refractivity contribution is 6.08. The maximum Gasteiger partial charge on any atom is 0.416 e. The van der Waals surface area contributed by atoms with Crippen LogP contribution in [0.3, 0.4) is 0 Å². The number of carbonyl (C=O) groups is 1. The number of benzene rings is 2. The largest absolute Gasteiger partial charge is 0.481 e. The molecule has 0 bridgehead atoms. The van der Waals surface area contributed by atoms with Crippen LogP contribution in [-0.2, 0) is 6.18 Å². The van der Waals surface area contributed by atoms with Crippen LogP contribution in [0.1, 0.15) is 27.0 Å². The Morgan fingerprint density at radius 1 is 1.00 bits per heavy atom. The number of aromatic nitrogens is 1. The molecule has 0 fully saturated rings. The van der Waals surface area contributed by atoms with E-state index in [9.17, 15) is 22.4 Å². The zero-order valence-electron chi connectivity index (χ0n) is 16.9. The third kappa shape index (κ3) is 5.11. The summed E-state index contributed by atoms with van der Waals surface area (Å²) in [5, 5.41) is 5.43. The Morgan fingerprint density at radius 2 is 1.74 bits per heavy atom. The minimum atomic E-state index is -4.60. The third-order valence-corrected chi connectivity index (χ3v) is 4.53. The van der Waals surface area contributed by atoms with E-state index in [4.69, 9.17) is 4.74 Å². The van der Waals surface area contributed by atoms with E-state index in [0.29, 0.717) is 28.4 Å². The summed E-state index contributed by atoms with van der Waals surface area (Å²) in [6.07, 6.45) is -3.22. The van der Waals surface area contributed by atoms with Gasteiger partial charge in [-0.15, -0.1) is 0 Å². The molecule has 162 valence electrons. The van der Waals surface area contributed by atoms with Crippen LogP contribution in [0.4, 0.5) is 34.6 Å². The van der Waals surface area contributed by atoms with E-state index in [1.807, 2.05) is 0 Å². The van der Waals surface area contributed by atoms with Gasteiger partial charge >= 0.3 is 6.18 Å². The van der Waals surface area contributed by atoms with Gasteiger partial charge in [0.2, 0.25) is 5.88 Å². The molecule has 0 atom stereocenters. The second-order valence-corrected chi connectivity index (χ2v) is 6.85. The van der Waals surface area contributed by atoms with Gasteiger partial charge in [0.15, 0.2) is 0 Å². The lowest BCUT2D eigenvalue weighted by Gasteiger charge is -2.17. The lowest BCUT2D eigenvalue weighted by Crippen LogP contribution is -2.16. The molecular formula is C22H19F4N3O2. The number of halogens is 4. The summed E-state index contributed by atoms with van der Waals surface area (Å²) < 4.78 is 58.2. The number of anilines is 3. The van der Waals surface area contributed by atoms with Gasteiger partial charge in [0.25, 0.3) is 5.91 Å². The number of hydrogen-bond donors (Lipinski definition) is 2. The van der Waals surface area contributed by atoms with Crippen molar-refractivity contribution in [2.45, 2.75) is 20.0 Å². The molecule has 2 N–H and O–H groups in total. The van der Waals surface area contributed by atoms with Crippen molar-refractivity contribution in [3.05, 3.63) is 76.7 Å². The van der Waals surface area contributed by atoms with Gasteiger partial charge in [-0.3, -0.25) is 4.79 Å². The molecule has 3 rings (SSSR count). The Hall–Kier alpha value is -3.62. The van der Waals surface area contributed by atoms with E-state index >= 15 is 0 Å². The maximum absolute atomic E-state index is 13.4. The topological polar surface area (TPSA) is 63.2 Å². The van der Waals surface area contributed by atoms with E-state index in [0.717, 1.165) is 18.2 Å². The van der Waals surface area contributed by atoms with Crippen molar-refractivity contribution >= 4 is 23.0 Å². The molecule has 0 saturated heterocycles. The third-order valence-electron chi connectivity index (χ3n) is 4.53. The van der Waals surface area contributed by atoms with E-state index < -0.39 is 23.5 Å². The van der Waals surface area contributed by atoms with Crippen LogP contribution in [0.2, 0.25) is 0 Å². The van der Waals surface area contributed by atoms with Crippen LogP contribution in [0.5, 0.6) is 5.88 Å². The lowest BCUT2D eigenvalue weighted by atomic mass is 10.1. The van der Waals surface area contributed by atoms with Gasteiger partial charge in [0, 0.05) is 11.3 Å². The number of alkyl halides is 3. The number of aryl methyl sites for hydroxylation is 2. The first-order valence-corrected chi connectivity index (χ1v) is 9.15. The summed E-state index contributed by atoms with van der Waals surface area (Å²) in [4.78, 5) is 16.9. The second-order valence-electron chi connectivity index (χ2n) is 6.85. The molecule has 1 aromatic heterocycles. The Balaban J connectivity index is 1.98. The van der Waals surface area contributed by atoms with E-state index in [2.05, 4.69) is 15.6 Å². The number of ether oxygens (including phenoxy) is 1. The van der Waals surface area contributed by atoms with Crippen molar-refractivity contribution in [3.63, 3.8) is 0 Å². The number of pyridine rings is 1. The smallest absolute Gasteiger partial charge is 0.416 e. The quantitative estimate of drug-likeness (QED) is 0.495. The molecule has 1 amide bonds. The Morgan fingerprint density at radius 3 is 2.35 bits per heavy atom. The Kier molecular flexibility index (Phi) is 6.14. The highest BCUT2D eigenvalue weighted by Gasteiger charge is 2.31. The number of methoxy groups -OCH3 is 1. The average molecular weight is 433 g/mol. The summed E-state index contributed by atoms with van der Waals surface area (Å²) in [5.74, 6) is -0.725. The van der Waals surface area contributed by atoms with Gasteiger partial charge in [0.1, 0.15) is 5.82 Å². The van der Waals surface area contributed by atoms with Crippen molar-refractivity contribution in [1.29, 1.82) is 0 Å². The minimum Gasteiger partial charge on any atom is -0.481 e. The summed E-state index contributed by atoms with van der Waals surface area (Å²) in [6, 6.07) is 8.19. The number of nitrogens with zero attached hydrogens (tertiary/aromatic N) is 1. The molecule has 0 aliphatic carbocycles. The molecule has 31 heavy (non-hydrogen) atoms. The predicted octanol–water partition coefficient (Wildman–Crippen LogP) is 5.86. The van der Waals surface area contributed by atoms with Gasteiger partial charge in [-0.05, 0) is 61.9 Å². The standard InChI is InChI=1S/C22H19F4N3O2/c1-12-8-15(23)5-7-18(12)29-19-10-14(22(24,25)26)4-6-17(19)20(30)28-16-9-13(2)21(31-3)27-11-16/h4-11,29H,1-3H3,(H,28,30). The van der Waals surface area contributed by atoms with Gasteiger partial charge in [-0.1, -0.05) is 0 Å². The Bertz CT molecular complexity index is 1130. The van der Waals surface area contributed by atoms with E-state index in [1.54, 1.807) is 19.9 Å². The molecule has 2 aromatic carbocycles. The molecule has 3 aromatic rings. The van der Waals surface area contributed by atoms with Crippen LogP contribution in [0.25, 0.3) is 0 Å². The first-order chi connectivity index (χ1) is 14.6. The zero-order valence-corrected chi connectivity index (χ0v) is 16.9. The van der Waals surface area contributed by atoms with Gasteiger partial charge < -0.3 is 15.4 Å². The molecule has 5 nitrogen and oxygen atoms in total. The first-order valence-electron chi connectivity index (χ1n) is 9.15. The van der Waals surface area contributed by atoms with E-state index in [1.165, 1.54) is 31.5 Å². The van der Waals surface area contributed by atoms with E-state index in [-0.39, 0.29) is 11.3 Å². The maximum atomic E-state index is 13.4. The van der Waals surface area contributed by atoms with Crippen LogP contribution < -0.4 is 15.4 Å². The van der Waals surface area contributed by atoms with Crippen LogP contribution in [0, 0.1) is 19.7 Å². The normalized spacial score (nSPS) is 11.2. The highest BCUT2D eigenvalue weighted by atomic mass is 19.4. The fourth-order valence-corrected chi connectivity index (χ4v) is 2.98. The number of carbonyl (C=O) groups excluding carboxylic acids is 1.